The van der Waals surface area contributed by atoms with Crippen LogP contribution in [0.5, 0.6) is 0 Å². The molecule has 0 saturated carbocycles. The maximum Gasteiger partial charge on any atom is 0.237 e. The molecule has 0 amide bonds. The summed E-state index contributed by atoms with van der Waals surface area (Å²) in [5, 5.41) is -2.10. The maximum absolute atomic E-state index is 12.3. The van der Waals surface area contributed by atoms with Crippen LogP contribution in [0, 0.1) is 0 Å². The second-order valence-electron chi connectivity index (χ2n) is 1.80. The van der Waals surface area contributed by atoms with Crippen LogP contribution < -0.4 is 0 Å². The maximum atomic E-state index is 12.3. The zero-order chi connectivity index (χ0) is 7.00. The third-order valence-corrected chi connectivity index (χ3v) is 4.88. The lowest BCUT2D eigenvalue weighted by molar-refractivity contribution is 0.326. The number of halogens is 2. The molecule has 0 spiro atoms. The summed E-state index contributed by atoms with van der Waals surface area (Å²) < 4.78 is 32.8. The molecule has 0 atom stereocenters. The van der Waals surface area contributed by atoms with Crippen molar-refractivity contribution in [3.63, 3.8) is 0 Å². The molecular weight excluding hydrogens is 246 g/mol. The Labute approximate surface area is 60.0 Å². The molecule has 0 saturated heterocycles. The van der Waals surface area contributed by atoms with Crippen LogP contribution in [0.25, 0.3) is 0 Å². The lowest BCUT2D eigenvalue weighted by Crippen LogP contribution is -2.19. The summed E-state index contributed by atoms with van der Waals surface area (Å²) in [6.07, 6.45) is 0. The fourth-order valence-corrected chi connectivity index (χ4v) is 0. The molecule has 0 aliphatic carbocycles. The van der Waals surface area contributed by atoms with E-state index < -0.39 is 12.0 Å². The van der Waals surface area contributed by atoms with Gasteiger partial charge in [-0.25, -0.2) is 12.8 Å². The molecule has 0 aliphatic rings. The molecule has 0 bridgehead atoms. The van der Waals surface area contributed by atoms with E-state index in [1.165, 1.54) is 0 Å². The summed E-state index contributed by atoms with van der Waals surface area (Å²) in [6.45, 7) is 2.02. The SMILES string of the molecule is CC(C)(F)S(=O)(=O)I. The van der Waals surface area contributed by atoms with Crippen molar-refractivity contribution in [2.45, 2.75) is 18.8 Å². The van der Waals surface area contributed by atoms with Gasteiger partial charge in [0.15, 0.2) is 0 Å². The van der Waals surface area contributed by atoms with Crippen molar-refractivity contribution in [2.75, 3.05) is 0 Å². The molecule has 0 N–H and O–H groups in total. The quantitative estimate of drug-likeness (QED) is 0.523. The topological polar surface area (TPSA) is 34.1 Å². The van der Waals surface area contributed by atoms with Crippen LogP contribution in [-0.2, 0) is 7.01 Å². The first kappa shape index (κ1) is 8.61. The van der Waals surface area contributed by atoms with Gasteiger partial charge in [0.2, 0.25) is 12.0 Å². The Morgan fingerprint density at radius 3 is 1.62 bits per heavy atom. The minimum absolute atomic E-state index is 1.01. The first-order valence-electron chi connectivity index (χ1n) is 1.88. The van der Waals surface area contributed by atoms with Crippen LogP contribution >= 0.6 is 21.2 Å². The van der Waals surface area contributed by atoms with E-state index in [1.807, 2.05) is 0 Å². The van der Waals surface area contributed by atoms with Gasteiger partial charge in [-0.15, -0.1) is 0 Å². The van der Waals surface area contributed by atoms with E-state index in [0.29, 0.717) is 0 Å². The molecular formula is C3H6FIO2S. The average Bonchev–Trinajstić information content (AvgIpc) is 1.25. The summed E-state index contributed by atoms with van der Waals surface area (Å²) in [6, 6.07) is 0. The first-order chi connectivity index (χ1) is 3.25. The molecule has 0 fully saturated rings. The summed E-state index contributed by atoms with van der Waals surface area (Å²) in [4.78, 5) is 0. The second-order valence-corrected chi connectivity index (χ2v) is 7.13. The van der Waals surface area contributed by atoms with E-state index in [1.54, 1.807) is 0 Å². The smallest absolute Gasteiger partial charge is 0.226 e. The molecule has 0 heterocycles. The fraction of sp³-hybridized carbons (Fsp3) is 1.00. The summed E-state index contributed by atoms with van der Waals surface area (Å²) in [5.74, 6) is 0. The van der Waals surface area contributed by atoms with Crippen molar-refractivity contribution in [3.05, 3.63) is 0 Å². The van der Waals surface area contributed by atoms with Gasteiger partial charge in [-0.3, -0.25) is 0 Å². The van der Waals surface area contributed by atoms with Gasteiger partial charge in [0.25, 0.3) is 0 Å². The number of alkyl halides is 1. The van der Waals surface area contributed by atoms with Gasteiger partial charge in [-0.05, 0) is 13.8 Å². The second kappa shape index (κ2) is 2.09. The Balaban J connectivity index is 4.53. The number of rotatable bonds is 1. The van der Waals surface area contributed by atoms with Crippen molar-refractivity contribution in [1.29, 1.82) is 0 Å². The van der Waals surface area contributed by atoms with Gasteiger partial charge in [0.1, 0.15) is 0 Å². The summed E-state index contributed by atoms with van der Waals surface area (Å²) in [7, 11) is -3.54. The molecule has 0 radical (unpaired) electrons. The van der Waals surface area contributed by atoms with Gasteiger partial charge in [0.05, 0.1) is 21.2 Å². The predicted octanol–water partition coefficient (Wildman–Crippen LogP) is 1.46. The predicted molar refractivity (Wildman–Crippen MR) is 38.1 cm³/mol. The minimum atomic E-state index is -3.54. The molecule has 5 heteroatoms. The summed E-state index contributed by atoms with van der Waals surface area (Å²) in [5.41, 5.74) is 0. The molecule has 0 rings (SSSR count). The van der Waals surface area contributed by atoms with E-state index in [4.69, 9.17) is 0 Å². The highest BCUT2D eigenvalue weighted by Gasteiger charge is 2.30. The van der Waals surface area contributed by atoms with Crippen molar-refractivity contribution in [2.24, 2.45) is 0 Å². The zero-order valence-electron chi connectivity index (χ0n) is 4.48. The van der Waals surface area contributed by atoms with E-state index >= 15 is 0 Å². The van der Waals surface area contributed by atoms with Gasteiger partial charge in [0, 0.05) is 0 Å². The third kappa shape index (κ3) is 2.25. The van der Waals surface area contributed by atoms with Crippen LogP contribution in [-0.4, -0.2) is 13.4 Å². The highest BCUT2D eigenvalue weighted by Crippen LogP contribution is 2.23. The average molecular weight is 252 g/mol. The fourth-order valence-electron chi connectivity index (χ4n) is 0. The minimum Gasteiger partial charge on any atom is -0.226 e. The highest BCUT2D eigenvalue weighted by atomic mass is 127. The lowest BCUT2D eigenvalue weighted by Gasteiger charge is -2.07. The summed E-state index contributed by atoms with van der Waals surface area (Å²) >= 11 is 1.08. The molecule has 8 heavy (non-hydrogen) atoms. The zero-order valence-corrected chi connectivity index (χ0v) is 7.45. The van der Waals surface area contributed by atoms with E-state index in [2.05, 4.69) is 0 Å². The first-order valence-corrected chi connectivity index (χ1v) is 5.91. The Morgan fingerprint density at radius 1 is 1.50 bits per heavy atom. The monoisotopic (exact) mass is 252 g/mol. The Kier molecular flexibility index (Phi) is 2.25. The molecule has 0 unspecified atom stereocenters. The third-order valence-electron chi connectivity index (χ3n) is 0.580. The molecule has 0 aromatic rings. The Hall–Kier alpha value is 0.610. The Morgan fingerprint density at radius 2 is 1.62 bits per heavy atom. The van der Waals surface area contributed by atoms with Crippen LogP contribution in [0.4, 0.5) is 4.39 Å². The van der Waals surface area contributed by atoms with Gasteiger partial charge in [-0.2, -0.15) is 0 Å². The van der Waals surface area contributed by atoms with Crippen molar-refractivity contribution >= 4 is 28.2 Å². The van der Waals surface area contributed by atoms with Crippen molar-refractivity contribution in [3.8, 4) is 0 Å². The van der Waals surface area contributed by atoms with E-state index in [0.717, 1.165) is 35.1 Å². The normalized spacial score (nSPS) is 14.0. The van der Waals surface area contributed by atoms with Gasteiger partial charge >= 0.3 is 0 Å². The van der Waals surface area contributed by atoms with Gasteiger partial charge < -0.3 is 0 Å². The number of hydrogen-bond donors (Lipinski definition) is 0. The molecule has 2 nitrogen and oxygen atoms in total. The lowest BCUT2D eigenvalue weighted by atomic mass is 10.5. The van der Waals surface area contributed by atoms with Crippen molar-refractivity contribution in [1.82, 2.24) is 0 Å². The Bertz CT molecular complexity index is 166. The van der Waals surface area contributed by atoms with Crippen LogP contribution in [0.2, 0.25) is 0 Å². The standard InChI is InChI=1S/C3H6FIO2S/c1-3(2,4)8(5,6)7/h1-2H3. The molecule has 50 valence electrons. The highest BCUT2D eigenvalue weighted by molar-refractivity contribution is 14.2. The van der Waals surface area contributed by atoms with Gasteiger partial charge in [-0.1, -0.05) is 0 Å². The number of hydrogen-bond acceptors (Lipinski definition) is 2. The molecule has 0 aromatic heterocycles. The van der Waals surface area contributed by atoms with Crippen LogP contribution in [0.3, 0.4) is 0 Å². The van der Waals surface area contributed by atoms with Crippen LogP contribution in [0.15, 0.2) is 0 Å². The van der Waals surface area contributed by atoms with E-state index in [-0.39, 0.29) is 0 Å². The van der Waals surface area contributed by atoms with E-state index in [9.17, 15) is 12.8 Å². The molecule has 0 aromatic carbocycles. The molecule has 0 aliphatic heterocycles. The van der Waals surface area contributed by atoms with Crippen LogP contribution in [0.1, 0.15) is 13.8 Å². The van der Waals surface area contributed by atoms with Crippen molar-refractivity contribution < 1.29 is 12.8 Å². The largest absolute Gasteiger partial charge is 0.237 e.